The second-order valence-corrected chi connectivity index (χ2v) is 4.75. The van der Waals surface area contributed by atoms with Crippen LogP contribution >= 0.6 is 0 Å². The Balaban J connectivity index is 1.69. The smallest absolute Gasteiger partial charge is 0.291 e. The highest BCUT2D eigenvalue weighted by Crippen LogP contribution is 2.29. The number of carbonyl (C=O) groups is 1. The summed E-state index contributed by atoms with van der Waals surface area (Å²) >= 11 is 0. The first-order valence-corrected chi connectivity index (χ1v) is 6.08. The van der Waals surface area contributed by atoms with E-state index in [0.717, 1.165) is 39.0 Å². The van der Waals surface area contributed by atoms with Crippen LogP contribution in [0.15, 0.2) is 6.33 Å². The Morgan fingerprint density at radius 3 is 3.00 bits per heavy atom. The molecule has 6 nitrogen and oxygen atoms in total. The summed E-state index contributed by atoms with van der Waals surface area (Å²) in [5.41, 5.74) is 0. The molecule has 1 amide bonds. The number of amides is 1. The summed E-state index contributed by atoms with van der Waals surface area (Å²) in [5, 5.41) is 6.37. The highest BCUT2D eigenvalue weighted by Gasteiger charge is 2.36. The molecule has 1 unspecified atom stereocenters. The number of ether oxygens (including phenoxy) is 1. The molecule has 1 atom stereocenters. The van der Waals surface area contributed by atoms with Gasteiger partial charge in [0.05, 0.1) is 6.61 Å². The maximum absolute atomic E-state index is 12.2. The fraction of sp³-hybridized carbons (Fsp3) is 0.727. The molecule has 1 aromatic heterocycles. The normalized spacial score (nSPS) is 23.9. The summed E-state index contributed by atoms with van der Waals surface area (Å²) < 4.78 is 5.35. The summed E-state index contributed by atoms with van der Waals surface area (Å²) in [6.45, 7) is 2.37. The average Bonchev–Trinajstić information content (AvgIpc) is 2.86. The monoisotopic (exact) mass is 236 g/mol. The van der Waals surface area contributed by atoms with Gasteiger partial charge < -0.3 is 9.64 Å². The van der Waals surface area contributed by atoms with Gasteiger partial charge in [-0.25, -0.2) is 4.98 Å². The Kier molecular flexibility index (Phi) is 2.80. The number of aromatic amines is 1. The molecule has 6 heteroatoms. The van der Waals surface area contributed by atoms with E-state index in [-0.39, 0.29) is 5.91 Å². The van der Waals surface area contributed by atoms with Crippen molar-refractivity contribution in [2.45, 2.75) is 25.3 Å². The zero-order valence-electron chi connectivity index (χ0n) is 9.63. The second kappa shape index (κ2) is 4.44. The third-order valence-electron chi connectivity index (χ3n) is 3.34. The topological polar surface area (TPSA) is 71.1 Å². The van der Waals surface area contributed by atoms with Gasteiger partial charge in [-0.3, -0.25) is 9.89 Å². The number of carbonyl (C=O) groups excluding carboxylic acids is 1. The third-order valence-corrected chi connectivity index (χ3v) is 3.34. The lowest BCUT2D eigenvalue weighted by molar-refractivity contribution is 0.0694. The third kappa shape index (κ3) is 2.31. The quantitative estimate of drug-likeness (QED) is 0.823. The zero-order chi connectivity index (χ0) is 11.7. The predicted octanol–water partition coefficient (Wildman–Crippen LogP) is 0.446. The summed E-state index contributed by atoms with van der Waals surface area (Å²) in [5.74, 6) is 0.787. The van der Waals surface area contributed by atoms with E-state index in [0.29, 0.717) is 17.8 Å². The fourth-order valence-electron chi connectivity index (χ4n) is 2.23. The Labute approximate surface area is 99.4 Å². The Morgan fingerprint density at radius 2 is 2.41 bits per heavy atom. The molecule has 92 valence electrons. The van der Waals surface area contributed by atoms with Crippen LogP contribution in [-0.4, -0.2) is 51.8 Å². The molecule has 0 spiro atoms. The van der Waals surface area contributed by atoms with Crippen LogP contribution in [0, 0.1) is 5.92 Å². The van der Waals surface area contributed by atoms with E-state index in [2.05, 4.69) is 15.2 Å². The minimum absolute atomic E-state index is 0.0306. The summed E-state index contributed by atoms with van der Waals surface area (Å²) in [6, 6.07) is 0.396. The number of nitrogens with zero attached hydrogens (tertiary/aromatic N) is 3. The predicted molar refractivity (Wildman–Crippen MR) is 59.4 cm³/mol. The molecule has 3 rings (SSSR count). The van der Waals surface area contributed by atoms with Crippen molar-refractivity contribution >= 4 is 5.91 Å². The first-order chi connectivity index (χ1) is 8.34. The van der Waals surface area contributed by atoms with Crippen LogP contribution in [0.5, 0.6) is 0 Å². The van der Waals surface area contributed by atoms with Gasteiger partial charge in [-0.15, -0.1) is 0 Å². The van der Waals surface area contributed by atoms with Crippen LogP contribution in [-0.2, 0) is 4.74 Å². The van der Waals surface area contributed by atoms with E-state index in [4.69, 9.17) is 4.74 Å². The lowest BCUT2D eigenvalue weighted by Gasteiger charge is -2.23. The highest BCUT2D eigenvalue weighted by molar-refractivity contribution is 5.90. The molecule has 1 aliphatic carbocycles. The maximum atomic E-state index is 12.2. The van der Waals surface area contributed by atoms with Gasteiger partial charge in [0.2, 0.25) is 5.82 Å². The first kappa shape index (κ1) is 10.7. The molecule has 2 fully saturated rings. The molecule has 1 aliphatic heterocycles. The van der Waals surface area contributed by atoms with Crippen LogP contribution < -0.4 is 0 Å². The van der Waals surface area contributed by atoms with Crippen LogP contribution in [0.2, 0.25) is 0 Å². The van der Waals surface area contributed by atoms with Crippen molar-refractivity contribution in [2.75, 3.05) is 19.8 Å². The average molecular weight is 236 g/mol. The van der Waals surface area contributed by atoms with Crippen molar-refractivity contribution in [2.24, 2.45) is 5.92 Å². The highest BCUT2D eigenvalue weighted by atomic mass is 16.5. The number of hydrogen-bond acceptors (Lipinski definition) is 4. The van der Waals surface area contributed by atoms with Gasteiger partial charge in [-0.1, -0.05) is 0 Å². The summed E-state index contributed by atoms with van der Waals surface area (Å²) in [4.78, 5) is 18.1. The number of hydrogen-bond donors (Lipinski definition) is 1. The molecule has 0 bridgehead atoms. The van der Waals surface area contributed by atoms with Crippen molar-refractivity contribution in [1.29, 1.82) is 0 Å². The van der Waals surface area contributed by atoms with Gasteiger partial charge in [0.15, 0.2) is 0 Å². The molecule has 1 aromatic rings. The standard InChI is InChI=1S/C11H16N4O2/c16-11(10-12-7-13-14-10)15(9-1-2-9)5-8-3-4-17-6-8/h7-9H,1-6H2,(H,12,13,14). The van der Waals surface area contributed by atoms with E-state index in [9.17, 15) is 4.79 Å². The van der Waals surface area contributed by atoms with E-state index in [1.165, 1.54) is 6.33 Å². The van der Waals surface area contributed by atoms with Crippen molar-refractivity contribution < 1.29 is 9.53 Å². The number of nitrogens with one attached hydrogen (secondary N) is 1. The molecule has 0 aromatic carbocycles. The van der Waals surface area contributed by atoms with Crippen LogP contribution in [0.1, 0.15) is 29.9 Å². The van der Waals surface area contributed by atoms with Gasteiger partial charge in [0, 0.05) is 25.1 Å². The summed E-state index contributed by atoms with van der Waals surface area (Å²) in [6.07, 6.45) is 4.63. The van der Waals surface area contributed by atoms with Crippen LogP contribution in [0.3, 0.4) is 0 Å². The number of H-pyrrole nitrogens is 1. The van der Waals surface area contributed by atoms with Gasteiger partial charge in [0.1, 0.15) is 6.33 Å². The van der Waals surface area contributed by atoms with Crippen LogP contribution in [0.25, 0.3) is 0 Å². The summed E-state index contributed by atoms with van der Waals surface area (Å²) in [7, 11) is 0. The minimum atomic E-state index is -0.0306. The minimum Gasteiger partial charge on any atom is -0.381 e. The molecule has 2 aliphatic rings. The molecule has 2 heterocycles. The fourth-order valence-corrected chi connectivity index (χ4v) is 2.23. The van der Waals surface area contributed by atoms with E-state index in [1.807, 2.05) is 4.90 Å². The number of rotatable bonds is 4. The molecular weight excluding hydrogens is 220 g/mol. The molecular formula is C11H16N4O2. The van der Waals surface area contributed by atoms with Crippen molar-refractivity contribution in [3.05, 3.63) is 12.2 Å². The zero-order valence-corrected chi connectivity index (χ0v) is 9.63. The van der Waals surface area contributed by atoms with Crippen molar-refractivity contribution in [1.82, 2.24) is 20.1 Å². The number of aromatic nitrogens is 3. The van der Waals surface area contributed by atoms with Gasteiger partial charge >= 0.3 is 0 Å². The van der Waals surface area contributed by atoms with E-state index < -0.39 is 0 Å². The first-order valence-electron chi connectivity index (χ1n) is 6.08. The van der Waals surface area contributed by atoms with Crippen LogP contribution in [0.4, 0.5) is 0 Å². The van der Waals surface area contributed by atoms with Crippen molar-refractivity contribution in [3.63, 3.8) is 0 Å². The molecule has 17 heavy (non-hydrogen) atoms. The Bertz CT molecular complexity index is 382. The van der Waals surface area contributed by atoms with Gasteiger partial charge in [-0.05, 0) is 19.3 Å². The lowest BCUT2D eigenvalue weighted by Crippen LogP contribution is -2.38. The molecule has 0 radical (unpaired) electrons. The van der Waals surface area contributed by atoms with E-state index in [1.54, 1.807) is 0 Å². The molecule has 1 saturated heterocycles. The lowest BCUT2D eigenvalue weighted by atomic mass is 10.1. The SMILES string of the molecule is O=C(c1ncn[nH]1)N(CC1CCOC1)C1CC1. The van der Waals surface area contributed by atoms with Crippen molar-refractivity contribution in [3.8, 4) is 0 Å². The maximum Gasteiger partial charge on any atom is 0.291 e. The largest absolute Gasteiger partial charge is 0.381 e. The van der Waals surface area contributed by atoms with Gasteiger partial charge in [0.25, 0.3) is 5.91 Å². The Hall–Kier alpha value is -1.43. The van der Waals surface area contributed by atoms with E-state index >= 15 is 0 Å². The van der Waals surface area contributed by atoms with Gasteiger partial charge in [-0.2, -0.15) is 5.10 Å². The Morgan fingerprint density at radius 1 is 1.53 bits per heavy atom. The molecule has 1 N–H and O–H groups in total. The second-order valence-electron chi connectivity index (χ2n) is 4.75. The molecule has 1 saturated carbocycles.